The molecule has 19 heavy (non-hydrogen) atoms. The Hall–Kier alpha value is -1.19. The van der Waals surface area contributed by atoms with Gasteiger partial charge in [0.25, 0.3) is 5.91 Å². The molecule has 1 fully saturated rings. The van der Waals surface area contributed by atoms with Crippen LogP contribution >= 0.6 is 23.1 Å². The number of hydrogen-bond donors (Lipinski definition) is 2. The molecule has 1 amide bonds. The lowest BCUT2D eigenvalue weighted by Crippen LogP contribution is -2.33. The minimum atomic E-state index is -0.915. The lowest BCUT2D eigenvalue weighted by molar-refractivity contribution is -0.134. The van der Waals surface area contributed by atoms with E-state index >= 15 is 0 Å². The number of rotatable bonds is 5. The first-order valence-electron chi connectivity index (χ1n) is 5.75. The first-order chi connectivity index (χ1) is 9.15. The molecule has 1 aromatic heterocycles. The maximum atomic E-state index is 11.8. The van der Waals surface area contributed by atoms with Gasteiger partial charge >= 0.3 is 5.97 Å². The summed E-state index contributed by atoms with van der Waals surface area (Å²) in [6.45, 7) is 0.605. The zero-order valence-corrected chi connectivity index (χ0v) is 11.6. The second-order valence-corrected chi connectivity index (χ2v) is 6.10. The van der Waals surface area contributed by atoms with Gasteiger partial charge in [0.15, 0.2) is 4.34 Å². The number of amides is 1. The first kappa shape index (κ1) is 14.2. The Bertz CT molecular complexity index is 459. The predicted octanol–water partition coefficient (Wildman–Crippen LogP) is 1.22. The van der Waals surface area contributed by atoms with Gasteiger partial charge in [0.1, 0.15) is 6.10 Å². The maximum absolute atomic E-state index is 11.8. The third-order valence-corrected chi connectivity index (χ3v) is 4.38. The van der Waals surface area contributed by atoms with E-state index in [1.165, 1.54) is 0 Å². The van der Waals surface area contributed by atoms with Crippen LogP contribution < -0.4 is 5.32 Å². The highest BCUT2D eigenvalue weighted by Crippen LogP contribution is 2.25. The minimum absolute atomic E-state index is 0.0751. The number of thioether (sulfide) groups is 1. The Morgan fingerprint density at radius 2 is 2.32 bits per heavy atom. The molecule has 1 aliphatic heterocycles. The highest BCUT2D eigenvalue weighted by molar-refractivity contribution is 8.01. The molecular formula is C10H13N3O4S2. The number of aliphatic carboxylic acids is 1. The van der Waals surface area contributed by atoms with Gasteiger partial charge < -0.3 is 9.84 Å². The van der Waals surface area contributed by atoms with Gasteiger partial charge in [0.05, 0.1) is 5.75 Å². The average molecular weight is 303 g/mol. The van der Waals surface area contributed by atoms with Crippen molar-refractivity contribution in [3.05, 3.63) is 0 Å². The molecule has 2 heterocycles. The number of ether oxygens (including phenoxy) is 1. The summed E-state index contributed by atoms with van der Waals surface area (Å²) in [5.41, 5.74) is 0. The van der Waals surface area contributed by atoms with Gasteiger partial charge in [-0.2, -0.15) is 0 Å². The van der Waals surface area contributed by atoms with Crippen molar-refractivity contribution < 1.29 is 19.4 Å². The van der Waals surface area contributed by atoms with Crippen molar-refractivity contribution in [1.29, 1.82) is 0 Å². The van der Waals surface area contributed by atoms with E-state index in [0.717, 1.165) is 35.9 Å². The first-order valence-corrected chi connectivity index (χ1v) is 7.56. The standard InChI is InChI=1S/C10H13N3O4S2/c14-7(15)5-18-10-13-12-9(19-10)11-8(16)6-3-1-2-4-17-6/h6H,1-5H2,(H,14,15)(H,11,12,16). The van der Waals surface area contributed by atoms with Crippen LogP contribution in [0.2, 0.25) is 0 Å². The van der Waals surface area contributed by atoms with Crippen LogP contribution in [0.15, 0.2) is 4.34 Å². The summed E-state index contributed by atoms with van der Waals surface area (Å²) in [5, 5.41) is 19.1. The van der Waals surface area contributed by atoms with E-state index in [1.54, 1.807) is 0 Å². The van der Waals surface area contributed by atoms with E-state index in [-0.39, 0.29) is 11.7 Å². The van der Waals surface area contributed by atoms with Gasteiger partial charge in [0, 0.05) is 6.61 Å². The van der Waals surface area contributed by atoms with Crippen molar-refractivity contribution in [2.24, 2.45) is 0 Å². The van der Waals surface area contributed by atoms with Crippen LogP contribution in [-0.2, 0) is 14.3 Å². The van der Waals surface area contributed by atoms with Gasteiger partial charge in [0.2, 0.25) is 5.13 Å². The number of carboxylic acids is 1. The second kappa shape index (κ2) is 6.83. The monoisotopic (exact) mass is 303 g/mol. The van der Waals surface area contributed by atoms with Crippen molar-refractivity contribution in [3.63, 3.8) is 0 Å². The lowest BCUT2D eigenvalue weighted by Gasteiger charge is -2.20. The number of anilines is 1. The van der Waals surface area contributed by atoms with Gasteiger partial charge in [-0.3, -0.25) is 14.9 Å². The number of nitrogens with one attached hydrogen (secondary N) is 1. The predicted molar refractivity (Wildman–Crippen MR) is 70.5 cm³/mol. The molecule has 104 valence electrons. The number of carbonyl (C=O) groups is 2. The van der Waals surface area contributed by atoms with Crippen LogP contribution in [-0.4, -0.2) is 45.6 Å². The third-order valence-electron chi connectivity index (χ3n) is 2.43. The number of carbonyl (C=O) groups excluding carboxylic acids is 1. The molecule has 1 aliphatic rings. The second-order valence-electron chi connectivity index (χ2n) is 3.90. The summed E-state index contributed by atoms with van der Waals surface area (Å²) in [6.07, 6.45) is 2.25. The molecule has 1 atom stereocenters. The molecule has 1 saturated heterocycles. The van der Waals surface area contributed by atoms with Crippen LogP contribution in [0.25, 0.3) is 0 Å². The molecule has 0 aromatic carbocycles. The SMILES string of the molecule is O=C(O)CSc1nnc(NC(=O)C2CCCCO2)s1. The van der Waals surface area contributed by atoms with Gasteiger partial charge in [-0.1, -0.05) is 23.1 Å². The van der Waals surface area contributed by atoms with Crippen molar-refractivity contribution in [1.82, 2.24) is 10.2 Å². The summed E-state index contributed by atoms with van der Waals surface area (Å²) >= 11 is 2.23. The van der Waals surface area contributed by atoms with E-state index in [0.29, 0.717) is 22.5 Å². The Morgan fingerprint density at radius 1 is 1.47 bits per heavy atom. The molecule has 0 spiro atoms. The molecule has 0 aliphatic carbocycles. The Morgan fingerprint density at radius 3 is 3.00 bits per heavy atom. The molecule has 9 heteroatoms. The normalized spacial score (nSPS) is 19.1. The molecule has 1 aromatic rings. The summed E-state index contributed by atoms with van der Waals surface area (Å²) in [4.78, 5) is 22.3. The fourth-order valence-electron chi connectivity index (χ4n) is 1.58. The van der Waals surface area contributed by atoms with Crippen molar-refractivity contribution in [2.75, 3.05) is 17.7 Å². The van der Waals surface area contributed by atoms with Crippen molar-refractivity contribution >= 4 is 40.1 Å². The Balaban J connectivity index is 1.84. The van der Waals surface area contributed by atoms with Crippen LogP contribution in [0.5, 0.6) is 0 Å². The molecule has 2 rings (SSSR count). The summed E-state index contributed by atoms with van der Waals surface area (Å²) in [7, 11) is 0. The highest BCUT2D eigenvalue weighted by atomic mass is 32.2. The molecular weight excluding hydrogens is 290 g/mol. The van der Waals surface area contributed by atoms with E-state index in [4.69, 9.17) is 9.84 Å². The van der Waals surface area contributed by atoms with Crippen LogP contribution in [0.4, 0.5) is 5.13 Å². The molecule has 1 unspecified atom stereocenters. The topological polar surface area (TPSA) is 101 Å². The van der Waals surface area contributed by atoms with Gasteiger partial charge in [-0.15, -0.1) is 10.2 Å². The third kappa shape index (κ3) is 4.44. The van der Waals surface area contributed by atoms with Crippen molar-refractivity contribution in [3.8, 4) is 0 Å². The van der Waals surface area contributed by atoms with Gasteiger partial charge in [-0.05, 0) is 19.3 Å². The summed E-state index contributed by atoms with van der Waals surface area (Å²) in [5.74, 6) is -1.21. The zero-order valence-electron chi connectivity index (χ0n) is 10.00. The molecule has 7 nitrogen and oxygen atoms in total. The average Bonchev–Trinajstić information content (AvgIpc) is 2.85. The number of carboxylic acid groups (broad SMARTS) is 1. The quantitative estimate of drug-likeness (QED) is 0.623. The Kier molecular flexibility index (Phi) is 5.11. The highest BCUT2D eigenvalue weighted by Gasteiger charge is 2.23. The largest absolute Gasteiger partial charge is 0.481 e. The smallest absolute Gasteiger partial charge is 0.313 e. The fourth-order valence-corrected chi connectivity index (χ4v) is 3.05. The Labute approximate surface area is 117 Å². The number of aromatic nitrogens is 2. The maximum Gasteiger partial charge on any atom is 0.313 e. The van der Waals surface area contributed by atoms with Crippen LogP contribution in [0, 0.1) is 0 Å². The van der Waals surface area contributed by atoms with E-state index in [2.05, 4.69) is 15.5 Å². The minimum Gasteiger partial charge on any atom is -0.481 e. The van der Waals surface area contributed by atoms with E-state index < -0.39 is 12.1 Å². The molecule has 0 bridgehead atoms. The van der Waals surface area contributed by atoms with E-state index in [1.807, 2.05) is 0 Å². The summed E-state index contributed by atoms with van der Waals surface area (Å²) in [6, 6.07) is 0. The lowest BCUT2D eigenvalue weighted by atomic mass is 10.1. The number of hydrogen-bond acceptors (Lipinski definition) is 7. The van der Waals surface area contributed by atoms with Crippen molar-refractivity contribution in [2.45, 2.75) is 29.7 Å². The molecule has 0 saturated carbocycles. The van der Waals surface area contributed by atoms with Crippen LogP contribution in [0.1, 0.15) is 19.3 Å². The number of nitrogens with zero attached hydrogens (tertiary/aromatic N) is 2. The summed E-state index contributed by atoms with van der Waals surface area (Å²) < 4.78 is 5.88. The van der Waals surface area contributed by atoms with Gasteiger partial charge in [-0.25, -0.2) is 0 Å². The zero-order chi connectivity index (χ0) is 13.7. The van der Waals surface area contributed by atoms with E-state index in [9.17, 15) is 9.59 Å². The molecule has 0 radical (unpaired) electrons. The molecule has 2 N–H and O–H groups in total. The van der Waals surface area contributed by atoms with Crippen LogP contribution in [0.3, 0.4) is 0 Å². The fraction of sp³-hybridized carbons (Fsp3) is 0.600.